The highest BCUT2D eigenvalue weighted by molar-refractivity contribution is 6.36. The summed E-state index contributed by atoms with van der Waals surface area (Å²) in [6, 6.07) is 4.37. The zero-order valence-corrected chi connectivity index (χ0v) is 19.2. The van der Waals surface area contributed by atoms with E-state index in [1.165, 1.54) is 12.1 Å². The van der Waals surface area contributed by atoms with Crippen molar-refractivity contribution in [2.75, 3.05) is 13.1 Å². The fourth-order valence-corrected chi connectivity index (χ4v) is 4.78. The fourth-order valence-electron chi connectivity index (χ4n) is 4.10. The van der Waals surface area contributed by atoms with Gasteiger partial charge in [-0.25, -0.2) is 14.2 Å². The third-order valence-corrected chi connectivity index (χ3v) is 6.53. The SMILES string of the molecule is CC(On1c(=O)[nH]c2ncc(-c3cnn(C[C@@H]4CCNC4)c3)cc21)c1c(Cl)ccc(F)c1Cl. The molecule has 33 heavy (non-hydrogen) atoms. The number of aromatic amines is 1. The molecule has 1 unspecified atom stereocenters. The van der Waals surface area contributed by atoms with E-state index in [1.807, 2.05) is 10.9 Å². The second-order valence-electron chi connectivity index (χ2n) is 8.13. The van der Waals surface area contributed by atoms with Crippen molar-refractivity contribution in [2.45, 2.75) is 26.0 Å². The number of nitrogens with zero attached hydrogens (tertiary/aromatic N) is 4. The number of imidazole rings is 1. The molecule has 4 aromatic rings. The zero-order valence-electron chi connectivity index (χ0n) is 17.7. The first-order valence-corrected chi connectivity index (χ1v) is 11.3. The first kappa shape index (κ1) is 21.9. The Morgan fingerprint density at radius 3 is 2.94 bits per heavy atom. The van der Waals surface area contributed by atoms with Gasteiger partial charge in [-0.3, -0.25) is 9.67 Å². The third kappa shape index (κ3) is 4.23. The predicted molar refractivity (Wildman–Crippen MR) is 124 cm³/mol. The topological polar surface area (TPSA) is 89.8 Å². The smallest absolute Gasteiger partial charge is 0.360 e. The van der Waals surface area contributed by atoms with Gasteiger partial charge in [0.2, 0.25) is 0 Å². The molecule has 0 bridgehead atoms. The quantitative estimate of drug-likeness (QED) is 0.401. The van der Waals surface area contributed by atoms with E-state index < -0.39 is 17.6 Å². The van der Waals surface area contributed by atoms with Crippen molar-refractivity contribution in [1.82, 2.24) is 29.8 Å². The first-order valence-electron chi connectivity index (χ1n) is 10.6. The van der Waals surface area contributed by atoms with E-state index in [2.05, 4.69) is 20.4 Å². The third-order valence-electron chi connectivity index (χ3n) is 5.82. The Balaban J connectivity index is 1.45. The summed E-state index contributed by atoms with van der Waals surface area (Å²) in [6.07, 6.45) is 5.74. The molecule has 2 N–H and O–H groups in total. The van der Waals surface area contributed by atoms with Gasteiger partial charge < -0.3 is 10.2 Å². The minimum absolute atomic E-state index is 0.147. The van der Waals surface area contributed by atoms with Crippen molar-refractivity contribution in [3.05, 3.63) is 68.7 Å². The monoisotopic (exact) mass is 490 g/mol. The van der Waals surface area contributed by atoms with Gasteiger partial charge in [0.1, 0.15) is 11.3 Å². The molecule has 0 aliphatic carbocycles. The summed E-state index contributed by atoms with van der Waals surface area (Å²) in [5.41, 5.74) is 2.18. The number of hydrogen-bond acceptors (Lipinski definition) is 5. The first-order chi connectivity index (χ1) is 15.9. The lowest BCUT2D eigenvalue weighted by atomic mass is 10.1. The van der Waals surface area contributed by atoms with Crippen molar-refractivity contribution in [1.29, 1.82) is 0 Å². The van der Waals surface area contributed by atoms with E-state index in [9.17, 15) is 9.18 Å². The van der Waals surface area contributed by atoms with Crippen LogP contribution in [0.2, 0.25) is 10.0 Å². The Morgan fingerprint density at radius 1 is 1.30 bits per heavy atom. The normalized spacial score (nSPS) is 17.0. The van der Waals surface area contributed by atoms with E-state index in [-0.39, 0.29) is 15.6 Å². The van der Waals surface area contributed by atoms with E-state index in [0.717, 1.165) is 41.9 Å². The predicted octanol–water partition coefficient (Wildman–Crippen LogP) is 3.83. The summed E-state index contributed by atoms with van der Waals surface area (Å²) < 4.78 is 17.0. The average molecular weight is 491 g/mol. The van der Waals surface area contributed by atoms with Gasteiger partial charge in [-0.1, -0.05) is 23.2 Å². The Bertz CT molecular complexity index is 1380. The molecule has 1 aliphatic heterocycles. The Hall–Kier alpha value is -2.88. The van der Waals surface area contributed by atoms with Crippen LogP contribution in [0.4, 0.5) is 4.39 Å². The molecule has 1 aliphatic rings. The van der Waals surface area contributed by atoms with Crippen LogP contribution in [0.3, 0.4) is 0 Å². The van der Waals surface area contributed by atoms with Crippen molar-refractivity contribution in [2.24, 2.45) is 5.92 Å². The standard InChI is InChI=1S/C22H21Cl2FN6O2/c1-12(19-16(23)2-3-17(25)20(19)24)33-31-18-6-14(8-27-21(18)29-22(31)32)15-9-28-30(11-15)10-13-4-5-26-7-13/h2-3,6,8-9,11-13,26H,4-5,7,10H2,1H3,(H,27,29,32)/t12?,13-/m1/s1. The number of benzene rings is 1. The van der Waals surface area contributed by atoms with Crippen LogP contribution in [0, 0.1) is 11.7 Å². The molecule has 8 nitrogen and oxygen atoms in total. The van der Waals surface area contributed by atoms with Crippen LogP contribution in [0.15, 0.2) is 41.6 Å². The lowest BCUT2D eigenvalue weighted by Gasteiger charge is -2.17. The number of fused-ring (bicyclic) bond motifs is 1. The average Bonchev–Trinajstić information content (AvgIpc) is 3.53. The van der Waals surface area contributed by atoms with Crippen LogP contribution in [-0.4, -0.2) is 37.6 Å². The molecule has 2 atom stereocenters. The minimum atomic E-state index is -0.802. The number of H-pyrrole nitrogens is 1. The minimum Gasteiger partial charge on any atom is -0.401 e. The number of halogens is 3. The van der Waals surface area contributed by atoms with Gasteiger partial charge in [-0.15, -0.1) is 4.73 Å². The maximum absolute atomic E-state index is 14.0. The van der Waals surface area contributed by atoms with Crippen LogP contribution in [0.5, 0.6) is 0 Å². The van der Waals surface area contributed by atoms with E-state index >= 15 is 0 Å². The summed E-state index contributed by atoms with van der Waals surface area (Å²) in [7, 11) is 0. The maximum Gasteiger partial charge on any atom is 0.360 e. The lowest BCUT2D eigenvalue weighted by molar-refractivity contribution is 0.0492. The van der Waals surface area contributed by atoms with Crippen LogP contribution in [0.25, 0.3) is 22.3 Å². The van der Waals surface area contributed by atoms with E-state index in [4.69, 9.17) is 28.0 Å². The highest BCUT2D eigenvalue weighted by Crippen LogP contribution is 2.33. The molecule has 3 aromatic heterocycles. The van der Waals surface area contributed by atoms with Gasteiger partial charge in [-0.05, 0) is 50.6 Å². The van der Waals surface area contributed by atoms with E-state index in [1.54, 1.807) is 25.4 Å². The second kappa shape index (κ2) is 8.81. The van der Waals surface area contributed by atoms with Gasteiger partial charge in [0, 0.05) is 40.7 Å². The van der Waals surface area contributed by atoms with Crippen LogP contribution in [0.1, 0.15) is 25.0 Å². The Labute approximate surface area is 198 Å². The maximum atomic E-state index is 14.0. The summed E-state index contributed by atoms with van der Waals surface area (Å²) in [5, 5.41) is 7.92. The molecule has 1 saturated heterocycles. The number of pyridine rings is 1. The van der Waals surface area contributed by atoms with E-state index in [0.29, 0.717) is 17.1 Å². The molecule has 0 amide bonds. The molecule has 1 fully saturated rings. The Kier molecular flexibility index (Phi) is 5.86. The Morgan fingerprint density at radius 2 is 2.15 bits per heavy atom. The second-order valence-corrected chi connectivity index (χ2v) is 8.92. The van der Waals surface area contributed by atoms with Gasteiger partial charge >= 0.3 is 5.69 Å². The highest BCUT2D eigenvalue weighted by atomic mass is 35.5. The molecule has 11 heteroatoms. The molecular formula is C22H21Cl2FN6O2. The summed E-state index contributed by atoms with van der Waals surface area (Å²) in [5.74, 6) is -0.0586. The molecule has 0 radical (unpaired) electrons. The summed E-state index contributed by atoms with van der Waals surface area (Å²) >= 11 is 12.3. The van der Waals surface area contributed by atoms with Crippen molar-refractivity contribution < 1.29 is 9.23 Å². The lowest BCUT2D eigenvalue weighted by Crippen LogP contribution is -2.26. The van der Waals surface area contributed by atoms with Crippen molar-refractivity contribution in [3.8, 4) is 11.1 Å². The molecule has 0 spiro atoms. The van der Waals surface area contributed by atoms with Crippen molar-refractivity contribution >= 4 is 34.4 Å². The number of aromatic nitrogens is 5. The molecule has 4 heterocycles. The highest BCUT2D eigenvalue weighted by Gasteiger charge is 2.21. The number of nitrogens with one attached hydrogen (secondary N) is 2. The molecule has 1 aromatic carbocycles. The van der Waals surface area contributed by atoms with Gasteiger partial charge in [0.05, 0.1) is 11.2 Å². The largest absolute Gasteiger partial charge is 0.401 e. The van der Waals surface area contributed by atoms with Gasteiger partial charge in [-0.2, -0.15) is 5.10 Å². The number of hydrogen-bond donors (Lipinski definition) is 2. The van der Waals surface area contributed by atoms with Gasteiger partial charge in [0.15, 0.2) is 11.8 Å². The fraction of sp³-hybridized carbons (Fsp3) is 0.318. The van der Waals surface area contributed by atoms with Crippen LogP contribution >= 0.6 is 23.2 Å². The van der Waals surface area contributed by atoms with Crippen LogP contribution < -0.4 is 15.8 Å². The zero-order chi connectivity index (χ0) is 23.1. The van der Waals surface area contributed by atoms with Gasteiger partial charge in [0.25, 0.3) is 0 Å². The molecule has 172 valence electrons. The summed E-state index contributed by atoms with van der Waals surface area (Å²) in [6.45, 7) is 4.51. The summed E-state index contributed by atoms with van der Waals surface area (Å²) in [4.78, 5) is 25.4. The number of rotatable bonds is 6. The molecule has 5 rings (SSSR count). The van der Waals surface area contributed by atoms with Crippen LogP contribution in [-0.2, 0) is 6.54 Å². The van der Waals surface area contributed by atoms with Crippen molar-refractivity contribution in [3.63, 3.8) is 0 Å². The molecular weight excluding hydrogens is 470 g/mol. The molecule has 0 saturated carbocycles.